The lowest BCUT2D eigenvalue weighted by Gasteiger charge is -2.20. The molecule has 0 unspecified atom stereocenters. The standard InChI is InChI=1S/C16H24N2O/c1-2-12(1)10-18(14-5-6-14)11-16-8-7-15(19-16)9-17-13-3-4-13/h7-8,12-14,17H,1-6,9-11H2. The Labute approximate surface area is 115 Å². The molecule has 0 aromatic carbocycles. The molecule has 3 aliphatic carbocycles. The summed E-state index contributed by atoms with van der Waals surface area (Å²) in [7, 11) is 0. The van der Waals surface area contributed by atoms with Crippen LogP contribution in [0.1, 0.15) is 50.0 Å². The van der Waals surface area contributed by atoms with Crippen molar-refractivity contribution in [2.24, 2.45) is 5.92 Å². The third kappa shape index (κ3) is 3.40. The highest BCUT2D eigenvalue weighted by atomic mass is 16.3. The van der Waals surface area contributed by atoms with Gasteiger partial charge in [0.1, 0.15) is 11.5 Å². The molecule has 3 saturated carbocycles. The van der Waals surface area contributed by atoms with Crippen molar-refractivity contribution in [3.8, 4) is 0 Å². The highest BCUT2D eigenvalue weighted by Gasteiger charge is 2.34. The van der Waals surface area contributed by atoms with Crippen molar-refractivity contribution in [3.63, 3.8) is 0 Å². The normalized spacial score (nSPS) is 23.2. The smallest absolute Gasteiger partial charge is 0.118 e. The zero-order valence-electron chi connectivity index (χ0n) is 11.6. The van der Waals surface area contributed by atoms with E-state index in [1.807, 2.05) is 0 Å². The van der Waals surface area contributed by atoms with Crippen molar-refractivity contribution in [3.05, 3.63) is 23.7 Å². The Balaban J connectivity index is 1.31. The van der Waals surface area contributed by atoms with E-state index in [1.165, 1.54) is 45.1 Å². The average Bonchev–Trinajstić information content (AvgIpc) is 3.22. The number of nitrogens with one attached hydrogen (secondary N) is 1. The van der Waals surface area contributed by atoms with Crippen LogP contribution in [0.25, 0.3) is 0 Å². The summed E-state index contributed by atoms with van der Waals surface area (Å²) in [6.07, 6.45) is 8.34. The van der Waals surface area contributed by atoms with Gasteiger partial charge in [-0.05, 0) is 56.6 Å². The third-order valence-corrected chi connectivity index (χ3v) is 4.47. The highest BCUT2D eigenvalue weighted by molar-refractivity contribution is 5.08. The van der Waals surface area contributed by atoms with E-state index in [0.717, 1.165) is 42.6 Å². The first-order valence-corrected chi connectivity index (χ1v) is 7.92. The molecule has 0 amide bonds. The van der Waals surface area contributed by atoms with Crippen molar-refractivity contribution in [1.82, 2.24) is 10.2 Å². The zero-order chi connectivity index (χ0) is 12.7. The van der Waals surface area contributed by atoms with Gasteiger partial charge in [0.2, 0.25) is 0 Å². The summed E-state index contributed by atoms with van der Waals surface area (Å²) in [6.45, 7) is 3.21. The molecule has 3 heteroatoms. The van der Waals surface area contributed by atoms with Gasteiger partial charge in [-0.3, -0.25) is 4.90 Å². The van der Waals surface area contributed by atoms with Crippen molar-refractivity contribution in [2.45, 2.75) is 63.7 Å². The molecule has 3 aliphatic rings. The van der Waals surface area contributed by atoms with Crippen LogP contribution in [0.2, 0.25) is 0 Å². The van der Waals surface area contributed by atoms with E-state index in [4.69, 9.17) is 4.42 Å². The molecular weight excluding hydrogens is 236 g/mol. The summed E-state index contributed by atoms with van der Waals surface area (Å²) in [5, 5.41) is 3.51. The molecule has 0 atom stereocenters. The molecule has 0 radical (unpaired) electrons. The van der Waals surface area contributed by atoms with Crippen LogP contribution < -0.4 is 5.32 Å². The monoisotopic (exact) mass is 260 g/mol. The van der Waals surface area contributed by atoms with Crippen molar-refractivity contribution < 1.29 is 4.42 Å². The molecule has 1 aromatic rings. The highest BCUT2D eigenvalue weighted by Crippen LogP contribution is 2.35. The van der Waals surface area contributed by atoms with Crippen molar-refractivity contribution in [1.29, 1.82) is 0 Å². The molecule has 1 heterocycles. The Morgan fingerprint density at radius 3 is 2.53 bits per heavy atom. The van der Waals surface area contributed by atoms with Crippen LogP contribution in [-0.4, -0.2) is 23.5 Å². The van der Waals surface area contributed by atoms with Crippen LogP contribution >= 0.6 is 0 Å². The van der Waals surface area contributed by atoms with Gasteiger partial charge in [0.15, 0.2) is 0 Å². The van der Waals surface area contributed by atoms with E-state index in [2.05, 4.69) is 22.3 Å². The lowest BCUT2D eigenvalue weighted by Crippen LogP contribution is -2.27. The summed E-state index contributed by atoms with van der Waals surface area (Å²) in [5.41, 5.74) is 0. The minimum Gasteiger partial charge on any atom is -0.463 e. The molecule has 0 saturated heterocycles. The number of hydrogen-bond acceptors (Lipinski definition) is 3. The van der Waals surface area contributed by atoms with Gasteiger partial charge in [0.05, 0.1) is 13.1 Å². The van der Waals surface area contributed by atoms with Gasteiger partial charge >= 0.3 is 0 Å². The van der Waals surface area contributed by atoms with E-state index < -0.39 is 0 Å². The molecule has 1 N–H and O–H groups in total. The summed E-state index contributed by atoms with van der Waals surface area (Å²) in [4.78, 5) is 2.65. The van der Waals surface area contributed by atoms with Crippen LogP contribution in [0.3, 0.4) is 0 Å². The fraction of sp³-hybridized carbons (Fsp3) is 0.750. The van der Waals surface area contributed by atoms with E-state index in [-0.39, 0.29) is 0 Å². The van der Waals surface area contributed by atoms with Gasteiger partial charge in [0, 0.05) is 18.6 Å². The lowest BCUT2D eigenvalue weighted by atomic mass is 10.3. The first-order valence-electron chi connectivity index (χ1n) is 7.92. The molecule has 19 heavy (non-hydrogen) atoms. The number of hydrogen-bond donors (Lipinski definition) is 1. The number of rotatable bonds is 8. The predicted octanol–water partition coefficient (Wildman–Crippen LogP) is 2.91. The number of nitrogens with zero attached hydrogens (tertiary/aromatic N) is 1. The first kappa shape index (κ1) is 12.0. The van der Waals surface area contributed by atoms with Crippen LogP contribution in [0.5, 0.6) is 0 Å². The molecule has 104 valence electrons. The molecule has 3 nitrogen and oxygen atoms in total. The molecular formula is C16H24N2O. The molecule has 0 aliphatic heterocycles. The second kappa shape index (κ2) is 4.95. The Hall–Kier alpha value is -0.800. The first-order chi connectivity index (χ1) is 9.37. The summed E-state index contributed by atoms with van der Waals surface area (Å²) in [5.74, 6) is 3.23. The molecule has 1 aromatic heterocycles. The lowest BCUT2D eigenvalue weighted by molar-refractivity contribution is 0.222. The second-order valence-electron chi connectivity index (χ2n) is 6.63. The van der Waals surface area contributed by atoms with Crippen LogP contribution in [0.4, 0.5) is 0 Å². The maximum absolute atomic E-state index is 5.97. The SMILES string of the molecule is c1cc(CN(CC2CC2)C2CC2)oc1CNC1CC1. The van der Waals surface area contributed by atoms with E-state index in [0.29, 0.717) is 0 Å². The van der Waals surface area contributed by atoms with Gasteiger partial charge in [-0.25, -0.2) is 0 Å². The maximum atomic E-state index is 5.97. The Bertz CT molecular complexity index is 430. The Morgan fingerprint density at radius 1 is 1.05 bits per heavy atom. The second-order valence-corrected chi connectivity index (χ2v) is 6.63. The summed E-state index contributed by atoms with van der Waals surface area (Å²) in [6, 6.07) is 5.92. The topological polar surface area (TPSA) is 28.4 Å². The van der Waals surface area contributed by atoms with Crippen molar-refractivity contribution in [2.75, 3.05) is 6.54 Å². The minimum atomic E-state index is 0.756. The molecule has 0 spiro atoms. The van der Waals surface area contributed by atoms with Gasteiger partial charge in [-0.2, -0.15) is 0 Å². The summed E-state index contributed by atoms with van der Waals surface area (Å²) >= 11 is 0. The quantitative estimate of drug-likeness (QED) is 0.779. The zero-order valence-corrected chi connectivity index (χ0v) is 11.6. The fourth-order valence-electron chi connectivity index (χ4n) is 2.75. The molecule has 3 fully saturated rings. The van der Waals surface area contributed by atoms with Crippen LogP contribution in [0.15, 0.2) is 16.5 Å². The van der Waals surface area contributed by atoms with E-state index in [1.54, 1.807) is 0 Å². The van der Waals surface area contributed by atoms with Gasteiger partial charge in [-0.15, -0.1) is 0 Å². The Kier molecular flexibility index (Phi) is 3.12. The summed E-state index contributed by atoms with van der Waals surface area (Å²) < 4.78 is 5.97. The maximum Gasteiger partial charge on any atom is 0.118 e. The minimum absolute atomic E-state index is 0.756. The van der Waals surface area contributed by atoms with Crippen LogP contribution in [0, 0.1) is 5.92 Å². The predicted molar refractivity (Wildman–Crippen MR) is 74.7 cm³/mol. The average molecular weight is 260 g/mol. The third-order valence-electron chi connectivity index (χ3n) is 4.47. The van der Waals surface area contributed by atoms with Crippen molar-refractivity contribution >= 4 is 0 Å². The number of furan rings is 1. The van der Waals surface area contributed by atoms with Gasteiger partial charge < -0.3 is 9.73 Å². The molecule has 0 bridgehead atoms. The fourth-order valence-corrected chi connectivity index (χ4v) is 2.75. The Morgan fingerprint density at radius 2 is 1.84 bits per heavy atom. The van der Waals surface area contributed by atoms with Gasteiger partial charge in [0.25, 0.3) is 0 Å². The largest absolute Gasteiger partial charge is 0.463 e. The van der Waals surface area contributed by atoms with Crippen LogP contribution in [-0.2, 0) is 13.1 Å². The van der Waals surface area contributed by atoms with E-state index >= 15 is 0 Å². The van der Waals surface area contributed by atoms with E-state index in [9.17, 15) is 0 Å². The van der Waals surface area contributed by atoms with Gasteiger partial charge in [-0.1, -0.05) is 0 Å². The molecule has 4 rings (SSSR count).